The van der Waals surface area contributed by atoms with E-state index in [0.717, 1.165) is 0 Å². The summed E-state index contributed by atoms with van der Waals surface area (Å²) >= 11 is 0. The molecular formula is C15H14O8. The van der Waals surface area contributed by atoms with E-state index < -0.39 is 41.7 Å². The molecule has 0 amide bonds. The SMILES string of the molecule is CC1OC(=O)C2(CC3CC2C=C3C2OC(=O)COC2=O)OC1=O. The maximum Gasteiger partial charge on any atom is 0.352 e. The lowest BCUT2D eigenvalue weighted by atomic mass is 9.82. The Labute approximate surface area is 130 Å². The van der Waals surface area contributed by atoms with Crippen LogP contribution in [-0.2, 0) is 38.1 Å². The van der Waals surface area contributed by atoms with Gasteiger partial charge in [-0.25, -0.2) is 19.2 Å². The van der Waals surface area contributed by atoms with Gasteiger partial charge in [-0.3, -0.25) is 0 Å². The third-order valence-electron chi connectivity index (χ3n) is 4.89. The minimum Gasteiger partial charge on any atom is -0.451 e. The summed E-state index contributed by atoms with van der Waals surface area (Å²) in [6.07, 6.45) is 0.460. The Bertz CT molecular complexity index is 664. The molecule has 1 spiro atoms. The van der Waals surface area contributed by atoms with E-state index in [-0.39, 0.29) is 24.9 Å². The molecule has 5 atom stereocenters. The van der Waals surface area contributed by atoms with E-state index in [2.05, 4.69) is 0 Å². The highest BCUT2D eigenvalue weighted by molar-refractivity contribution is 5.92. The minimum atomic E-state index is -1.32. The fourth-order valence-corrected chi connectivity index (χ4v) is 3.81. The number of carbonyl (C=O) groups excluding carboxylic acids is 4. The highest BCUT2D eigenvalue weighted by atomic mass is 16.7. The average Bonchev–Trinajstić information content (AvgIpc) is 3.06. The van der Waals surface area contributed by atoms with Crippen molar-refractivity contribution < 1.29 is 38.1 Å². The first kappa shape index (κ1) is 14.2. The molecule has 2 heterocycles. The molecule has 2 saturated heterocycles. The van der Waals surface area contributed by atoms with Gasteiger partial charge in [-0.1, -0.05) is 6.08 Å². The van der Waals surface area contributed by atoms with Crippen molar-refractivity contribution >= 4 is 23.9 Å². The van der Waals surface area contributed by atoms with Crippen molar-refractivity contribution in [1.29, 1.82) is 0 Å². The van der Waals surface area contributed by atoms with Crippen LogP contribution in [0, 0.1) is 11.8 Å². The van der Waals surface area contributed by atoms with E-state index in [1.807, 2.05) is 0 Å². The first-order valence-electron chi connectivity index (χ1n) is 7.42. The van der Waals surface area contributed by atoms with Gasteiger partial charge < -0.3 is 18.9 Å². The van der Waals surface area contributed by atoms with Crippen molar-refractivity contribution in [3.05, 3.63) is 11.6 Å². The summed E-state index contributed by atoms with van der Waals surface area (Å²) < 4.78 is 20.3. The lowest BCUT2D eigenvalue weighted by Crippen LogP contribution is -2.55. The normalized spacial score (nSPS) is 42.0. The second-order valence-electron chi connectivity index (χ2n) is 6.25. The van der Waals surface area contributed by atoms with E-state index in [0.29, 0.717) is 12.0 Å². The summed E-state index contributed by atoms with van der Waals surface area (Å²) in [4.78, 5) is 47.2. The van der Waals surface area contributed by atoms with Gasteiger partial charge in [0.15, 0.2) is 12.7 Å². The monoisotopic (exact) mass is 322 g/mol. The largest absolute Gasteiger partial charge is 0.451 e. The van der Waals surface area contributed by atoms with Crippen LogP contribution < -0.4 is 0 Å². The van der Waals surface area contributed by atoms with Crippen LogP contribution >= 0.6 is 0 Å². The summed E-state index contributed by atoms with van der Waals surface area (Å²) in [7, 11) is 0. The number of ether oxygens (including phenoxy) is 4. The Morgan fingerprint density at radius 2 is 1.91 bits per heavy atom. The smallest absolute Gasteiger partial charge is 0.352 e. The summed E-state index contributed by atoms with van der Waals surface area (Å²) in [5.74, 6) is -2.94. The summed E-state index contributed by atoms with van der Waals surface area (Å²) in [6.45, 7) is 1.07. The molecule has 0 radical (unpaired) electrons. The fourth-order valence-electron chi connectivity index (χ4n) is 3.81. The highest BCUT2D eigenvalue weighted by Crippen LogP contribution is 2.54. The van der Waals surface area contributed by atoms with E-state index in [1.54, 1.807) is 6.08 Å². The summed E-state index contributed by atoms with van der Waals surface area (Å²) in [5.41, 5.74) is -0.707. The van der Waals surface area contributed by atoms with Crippen LogP contribution in [0.25, 0.3) is 0 Å². The summed E-state index contributed by atoms with van der Waals surface area (Å²) in [5, 5.41) is 0. The lowest BCUT2D eigenvalue weighted by Gasteiger charge is -2.39. The third kappa shape index (κ3) is 1.90. The summed E-state index contributed by atoms with van der Waals surface area (Å²) in [6, 6.07) is 0. The molecule has 0 N–H and O–H groups in total. The number of rotatable bonds is 1. The highest BCUT2D eigenvalue weighted by Gasteiger charge is 2.63. The van der Waals surface area contributed by atoms with Crippen molar-refractivity contribution in [1.82, 2.24) is 0 Å². The molecular weight excluding hydrogens is 308 g/mol. The zero-order valence-electron chi connectivity index (χ0n) is 12.3. The van der Waals surface area contributed by atoms with Crippen molar-refractivity contribution in [2.75, 3.05) is 6.61 Å². The van der Waals surface area contributed by atoms with Gasteiger partial charge in [-0.15, -0.1) is 0 Å². The fraction of sp³-hybridized carbons (Fsp3) is 0.600. The molecule has 0 aromatic heterocycles. The average molecular weight is 322 g/mol. The van der Waals surface area contributed by atoms with Crippen molar-refractivity contribution in [2.24, 2.45) is 11.8 Å². The molecule has 4 aliphatic rings. The number of cyclic esters (lactones) is 3. The van der Waals surface area contributed by atoms with Gasteiger partial charge in [0.1, 0.15) is 0 Å². The molecule has 2 aliphatic carbocycles. The molecule has 122 valence electrons. The maximum atomic E-state index is 12.3. The Morgan fingerprint density at radius 3 is 2.61 bits per heavy atom. The molecule has 8 nitrogen and oxygen atoms in total. The predicted octanol–water partition coefficient (Wildman–Crippen LogP) is -0.352. The Kier molecular flexibility index (Phi) is 2.82. The van der Waals surface area contributed by atoms with E-state index in [4.69, 9.17) is 18.9 Å². The van der Waals surface area contributed by atoms with Crippen LogP contribution in [0.1, 0.15) is 19.8 Å². The van der Waals surface area contributed by atoms with Crippen LogP contribution in [0.2, 0.25) is 0 Å². The molecule has 23 heavy (non-hydrogen) atoms. The van der Waals surface area contributed by atoms with Crippen LogP contribution in [0.15, 0.2) is 11.6 Å². The van der Waals surface area contributed by atoms with Crippen molar-refractivity contribution in [3.63, 3.8) is 0 Å². The Hall–Kier alpha value is -2.38. The van der Waals surface area contributed by atoms with Gasteiger partial charge in [0.25, 0.3) is 0 Å². The molecule has 3 fully saturated rings. The number of carbonyl (C=O) groups is 4. The topological polar surface area (TPSA) is 105 Å². The van der Waals surface area contributed by atoms with Crippen molar-refractivity contribution in [2.45, 2.75) is 37.6 Å². The first-order valence-corrected chi connectivity index (χ1v) is 7.42. The predicted molar refractivity (Wildman–Crippen MR) is 69.5 cm³/mol. The van der Waals surface area contributed by atoms with Crippen LogP contribution in [0.5, 0.6) is 0 Å². The molecule has 1 saturated carbocycles. The standard InChI is InChI=1S/C15H14O8/c1-6-12(17)23-15(14(19)21-6)4-7-2-8(15)3-9(7)11-13(18)20-5-10(16)22-11/h3,6-8,11H,2,4-5H2,1H3. The molecule has 8 heteroatoms. The second-order valence-corrected chi connectivity index (χ2v) is 6.25. The van der Waals surface area contributed by atoms with Gasteiger partial charge >= 0.3 is 23.9 Å². The van der Waals surface area contributed by atoms with Gasteiger partial charge in [-0.2, -0.15) is 0 Å². The van der Waals surface area contributed by atoms with E-state index in [9.17, 15) is 19.2 Å². The molecule has 2 aliphatic heterocycles. The quantitative estimate of drug-likeness (QED) is 0.366. The maximum absolute atomic E-state index is 12.3. The second kappa shape index (κ2) is 4.56. The van der Waals surface area contributed by atoms with Crippen LogP contribution in [-0.4, -0.2) is 48.3 Å². The van der Waals surface area contributed by atoms with E-state index >= 15 is 0 Å². The van der Waals surface area contributed by atoms with E-state index in [1.165, 1.54) is 6.92 Å². The first-order chi connectivity index (χ1) is 10.9. The molecule has 4 rings (SSSR count). The van der Waals surface area contributed by atoms with Crippen LogP contribution in [0.4, 0.5) is 0 Å². The van der Waals surface area contributed by atoms with Gasteiger partial charge in [0.2, 0.25) is 11.7 Å². The van der Waals surface area contributed by atoms with Gasteiger partial charge in [0, 0.05) is 12.3 Å². The Balaban J connectivity index is 1.62. The zero-order valence-corrected chi connectivity index (χ0v) is 12.3. The zero-order chi connectivity index (χ0) is 16.4. The van der Waals surface area contributed by atoms with Crippen LogP contribution in [0.3, 0.4) is 0 Å². The number of esters is 4. The molecule has 0 aromatic rings. The number of hydrogen-bond donors (Lipinski definition) is 0. The molecule has 2 bridgehead atoms. The van der Waals surface area contributed by atoms with Gasteiger partial charge in [-0.05, 0) is 24.8 Å². The molecule has 5 unspecified atom stereocenters. The lowest BCUT2D eigenvalue weighted by molar-refractivity contribution is -0.213. The minimum absolute atomic E-state index is 0.197. The number of fused-ring (bicyclic) bond motifs is 3. The number of hydrogen-bond acceptors (Lipinski definition) is 8. The third-order valence-corrected chi connectivity index (χ3v) is 4.89. The molecule has 0 aromatic carbocycles. The Morgan fingerprint density at radius 1 is 1.13 bits per heavy atom. The van der Waals surface area contributed by atoms with Gasteiger partial charge in [0.05, 0.1) is 0 Å². The van der Waals surface area contributed by atoms with Crippen molar-refractivity contribution in [3.8, 4) is 0 Å².